The van der Waals surface area contributed by atoms with Crippen LogP contribution in [0.4, 0.5) is 4.39 Å². The van der Waals surface area contributed by atoms with Crippen LogP contribution in [0.25, 0.3) is 0 Å². The topological polar surface area (TPSA) is 36.2 Å². The zero-order chi connectivity index (χ0) is 13.0. The van der Waals surface area contributed by atoms with Gasteiger partial charge in [0, 0.05) is 24.1 Å². The predicted molar refractivity (Wildman–Crippen MR) is 66.0 cm³/mol. The number of benzene rings is 1. The number of pyridine rings is 1. The minimum Gasteiger partial charge on any atom is -0.619 e. The molecule has 2 rings (SSSR count). The quantitative estimate of drug-likeness (QED) is 0.631. The van der Waals surface area contributed by atoms with Crippen LogP contribution in [0.5, 0.6) is 5.75 Å². The normalized spacial score (nSPS) is 10.3. The molecule has 1 aromatic heterocycles. The van der Waals surface area contributed by atoms with E-state index in [1.807, 2.05) is 6.07 Å². The fourth-order valence-electron chi connectivity index (χ4n) is 1.50. The molecule has 2 aromatic rings. The summed E-state index contributed by atoms with van der Waals surface area (Å²) in [6.07, 6.45) is 3.47. The van der Waals surface area contributed by atoms with Crippen LogP contribution < -0.4 is 9.47 Å². The fourth-order valence-corrected chi connectivity index (χ4v) is 1.62. The molecule has 0 spiro atoms. The van der Waals surface area contributed by atoms with Gasteiger partial charge in [0.25, 0.3) is 0 Å². The number of rotatable bonds is 4. The molecule has 1 heterocycles. The molecule has 0 radical (unpaired) electrons. The summed E-state index contributed by atoms with van der Waals surface area (Å²) in [6.45, 7) is 0.366. The Kier molecular flexibility index (Phi) is 3.99. The highest BCUT2D eigenvalue weighted by Gasteiger charge is 2.02. The first kappa shape index (κ1) is 12.6. The molecule has 0 fully saturated rings. The lowest BCUT2D eigenvalue weighted by atomic mass is 10.2. The zero-order valence-electron chi connectivity index (χ0n) is 9.48. The van der Waals surface area contributed by atoms with Crippen LogP contribution in [0, 0.1) is 11.0 Å². The van der Waals surface area contributed by atoms with Gasteiger partial charge in [0.2, 0.25) is 0 Å². The van der Waals surface area contributed by atoms with Crippen LogP contribution >= 0.6 is 11.6 Å². The fraction of sp³-hybridized carbons (Fsp3) is 0.154. The molecule has 5 heteroatoms. The van der Waals surface area contributed by atoms with Gasteiger partial charge in [0.15, 0.2) is 12.4 Å². The van der Waals surface area contributed by atoms with E-state index in [1.165, 1.54) is 24.5 Å². The number of halogens is 2. The summed E-state index contributed by atoms with van der Waals surface area (Å²) in [5, 5.41) is 11.1. The number of hydrogen-bond donors (Lipinski definition) is 0. The maximum absolute atomic E-state index is 13.1. The van der Waals surface area contributed by atoms with Gasteiger partial charge in [-0.2, -0.15) is 4.73 Å². The minimum atomic E-state index is -0.508. The molecule has 0 atom stereocenters. The molecule has 0 aliphatic rings. The van der Waals surface area contributed by atoms with Gasteiger partial charge in [0.1, 0.15) is 11.6 Å². The molecule has 0 aliphatic carbocycles. The molecule has 0 N–H and O–H groups in total. The Morgan fingerprint density at radius 3 is 2.89 bits per heavy atom. The first-order valence-electron chi connectivity index (χ1n) is 5.41. The number of hydrogen-bond acceptors (Lipinski definition) is 2. The molecule has 0 saturated carbocycles. The Bertz CT molecular complexity index is 548. The second-order valence-electron chi connectivity index (χ2n) is 3.75. The van der Waals surface area contributed by atoms with E-state index >= 15 is 0 Å². The third kappa shape index (κ3) is 3.34. The van der Waals surface area contributed by atoms with Gasteiger partial charge in [-0.3, -0.25) is 0 Å². The second-order valence-corrected chi connectivity index (χ2v) is 4.15. The van der Waals surface area contributed by atoms with Crippen LogP contribution in [0.2, 0.25) is 5.02 Å². The molecule has 18 heavy (non-hydrogen) atoms. The first-order chi connectivity index (χ1) is 8.65. The van der Waals surface area contributed by atoms with Gasteiger partial charge in [0.05, 0.1) is 11.6 Å². The summed E-state index contributed by atoms with van der Waals surface area (Å²) in [5.74, 6) is -0.0888. The average Bonchev–Trinajstić information content (AvgIpc) is 2.34. The van der Waals surface area contributed by atoms with Gasteiger partial charge < -0.3 is 9.94 Å². The lowest BCUT2D eigenvalue weighted by molar-refractivity contribution is -0.605. The summed E-state index contributed by atoms with van der Waals surface area (Å²) in [6, 6.07) is 7.79. The molecule has 0 amide bonds. The molecular weight excluding hydrogens is 257 g/mol. The third-order valence-corrected chi connectivity index (χ3v) is 2.69. The molecule has 1 aromatic carbocycles. The standard InChI is InChI=1S/C13H11ClFNO2/c14-12-4-3-11(8-13(12)15)18-7-5-10-2-1-6-16(17)9-10/h1-4,6,8-9H,5,7H2. The largest absolute Gasteiger partial charge is 0.619 e. The summed E-state index contributed by atoms with van der Waals surface area (Å²) in [5.41, 5.74) is 0.863. The van der Waals surface area contributed by atoms with Gasteiger partial charge in [-0.1, -0.05) is 11.6 Å². The number of nitrogens with zero attached hydrogens (tertiary/aromatic N) is 1. The van der Waals surface area contributed by atoms with Crippen molar-refractivity contribution in [2.24, 2.45) is 0 Å². The molecule has 0 saturated heterocycles. The van der Waals surface area contributed by atoms with Crippen LogP contribution in [0.15, 0.2) is 42.7 Å². The van der Waals surface area contributed by atoms with E-state index in [2.05, 4.69) is 0 Å². The maximum Gasteiger partial charge on any atom is 0.183 e. The van der Waals surface area contributed by atoms with Crippen molar-refractivity contribution in [3.05, 3.63) is 64.3 Å². The van der Waals surface area contributed by atoms with Crippen LogP contribution in [-0.2, 0) is 6.42 Å². The second kappa shape index (κ2) is 5.69. The average molecular weight is 268 g/mol. The first-order valence-corrected chi connectivity index (χ1v) is 5.78. The SMILES string of the molecule is [O-][n+]1cccc(CCOc2ccc(Cl)c(F)c2)c1. The number of aromatic nitrogens is 1. The van der Waals surface area contributed by atoms with E-state index in [-0.39, 0.29) is 5.02 Å². The maximum atomic E-state index is 13.1. The molecule has 0 bridgehead atoms. The smallest absolute Gasteiger partial charge is 0.183 e. The number of ether oxygens (including phenoxy) is 1. The van der Waals surface area contributed by atoms with Gasteiger partial charge >= 0.3 is 0 Å². The highest BCUT2D eigenvalue weighted by molar-refractivity contribution is 6.30. The van der Waals surface area contributed by atoms with Crippen molar-refractivity contribution in [1.82, 2.24) is 0 Å². The van der Waals surface area contributed by atoms with E-state index in [1.54, 1.807) is 12.1 Å². The van der Waals surface area contributed by atoms with E-state index in [9.17, 15) is 9.60 Å². The lowest BCUT2D eigenvalue weighted by Crippen LogP contribution is -2.25. The van der Waals surface area contributed by atoms with Crippen molar-refractivity contribution in [1.29, 1.82) is 0 Å². The third-order valence-electron chi connectivity index (χ3n) is 2.39. The Labute approximate surface area is 109 Å². The summed E-state index contributed by atoms with van der Waals surface area (Å²) in [4.78, 5) is 0. The highest BCUT2D eigenvalue weighted by Crippen LogP contribution is 2.20. The van der Waals surface area contributed by atoms with Crippen molar-refractivity contribution in [3.8, 4) is 5.75 Å². The van der Waals surface area contributed by atoms with E-state index < -0.39 is 5.82 Å². The Balaban J connectivity index is 1.90. The molecule has 3 nitrogen and oxygen atoms in total. The van der Waals surface area contributed by atoms with Crippen LogP contribution in [-0.4, -0.2) is 6.61 Å². The van der Waals surface area contributed by atoms with Crippen LogP contribution in [0.1, 0.15) is 5.56 Å². The van der Waals surface area contributed by atoms with Crippen molar-refractivity contribution >= 4 is 11.6 Å². The van der Waals surface area contributed by atoms with E-state index in [0.29, 0.717) is 18.8 Å². The van der Waals surface area contributed by atoms with Crippen molar-refractivity contribution < 1.29 is 13.9 Å². The Morgan fingerprint density at radius 2 is 2.17 bits per heavy atom. The van der Waals surface area contributed by atoms with Gasteiger partial charge in [-0.05, 0) is 18.2 Å². The van der Waals surface area contributed by atoms with Gasteiger partial charge in [-0.15, -0.1) is 0 Å². The summed E-state index contributed by atoms with van der Waals surface area (Å²) >= 11 is 5.56. The Morgan fingerprint density at radius 1 is 1.33 bits per heavy atom. The lowest BCUT2D eigenvalue weighted by Gasteiger charge is -2.06. The predicted octanol–water partition coefficient (Wildman–Crippen LogP) is 2.73. The van der Waals surface area contributed by atoms with E-state index in [0.717, 1.165) is 10.3 Å². The van der Waals surface area contributed by atoms with Crippen molar-refractivity contribution in [2.45, 2.75) is 6.42 Å². The molecule has 0 unspecified atom stereocenters. The van der Waals surface area contributed by atoms with Crippen molar-refractivity contribution in [2.75, 3.05) is 6.61 Å². The van der Waals surface area contributed by atoms with E-state index in [4.69, 9.17) is 16.3 Å². The monoisotopic (exact) mass is 267 g/mol. The highest BCUT2D eigenvalue weighted by atomic mass is 35.5. The van der Waals surface area contributed by atoms with Crippen LogP contribution in [0.3, 0.4) is 0 Å². The summed E-state index contributed by atoms with van der Waals surface area (Å²) < 4.78 is 19.2. The molecule has 94 valence electrons. The zero-order valence-corrected chi connectivity index (χ0v) is 10.2. The molecular formula is C13H11ClFNO2. The summed E-state index contributed by atoms with van der Waals surface area (Å²) in [7, 11) is 0. The Hall–Kier alpha value is -1.81. The molecule has 0 aliphatic heterocycles. The van der Waals surface area contributed by atoms with Crippen molar-refractivity contribution in [3.63, 3.8) is 0 Å². The van der Waals surface area contributed by atoms with Gasteiger partial charge in [-0.25, -0.2) is 4.39 Å². The minimum absolute atomic E-state index is 0.0674.